The number of hydrogen-bond acceptors (Lipinski definition) is 7. The summed E-state index contributed by atoms with van der Waals surface area (Å²) in [5.74, 6) is -0.0739. The highest BCUT2D eigenvalue weighted by Gasteiger charge is 2.25. The van der Waals surface area contributed by atoms with E-state index in [-0.39, 0.29) is 36.4 Å². The lowest BCUT2D eigenvalue weighted by atomic mass is 10.0. The van der Waals surface area contributed by atoms with Gasteiger partial charge in [0.25, 0.3) is 11.8 Å². The van der Waals surface area contributed by atoms with Crippen LogP contribution in [0.2, 0.25) is 0 Å². The third-order valence-electron chi connectivity index (χ3n) is 8.17. The first-order chi connectivity index (χ1) is 22.4. The number of anilines is 1. The van der Waals surface area contributed by atoms with E-state index in [4.69, 9.17) is 4.74 Å². The van der Waals surface area contributed by atoms with Gasteiger partial charge in [-0.05, 0) is 60.4 Å². The molecule has 0 aliphatic carbocycles. The summed E-state index contributed by atoms with van der Waals surface area (Å²) >= 11 is 0. The third-order valence-corrected chi connectivity index (χ3v) is 8.17. The smallest absolute Gasteiger partial charge is 0.270 e. The lowest BCUT2D eigenvalue weighted by Gasteiger charge is -2.23. The molecular weight excluding hydrogens is 586 g/mol. The second-order valence-electron chi connectivity index (χ2n) is 11.4. The number of benzene rings is 2. The van der Waals surface area contributed by atoms with Crippen LogP contribution in [0.3, 0.4) is 0 Å². The molecule has 46 heavy (non-hydrogen) atoms. The molecule has 2 bridgehead atoms. The van der Waals surface area contributed by atoms with Crippen LogP contribution in [0.1, 0.15) is 44.8 Å². The number of aromatic amines is 1. The van der Waals surface area contributed by atoms with Crippen LogP contribution in [0, 0.1) is 0 Å². The van der Waals surface area contributed by atoms with Crippen molar-refractivity contribution in [2.75, 3.05) is 44.6 Å². The number of ether oxygens (including phenoxy) is 1. The molecule has 1 atom stereocenters. The van der Waals surface area contributed by atoms with E-state index in [2.05, 4.69) is 31.2 Å². The Kier molecular flexibility index (Phi) is 9.42. The lowest BCUT2D eigenvalue weighted by Crippen LogP contribution is -2.48. The second-order valence-corrected chi connectivity index (χ2v) is 11.4. The molecule has 5 N–H and O–H groups in total. The van der Waals surface area contributed by atoms with Crippen molar-refractivity contribution in [3.8, 4) is 5.75 Å². The minimum atomic E-state index is -0.851. The number of nitrogens with one attached hydrogen (secondary N) is 5. The first-order valence-electron chi connectivity index (χ1n) is 15.6. The minimum Gasteiger partial charge on any atom is -0.493 e. The fraction of sp³-hybridized carbons (Fsp3) is 0.324. The van der Waals surface area contributed by atoms with Crippen LogP contribution in [0.25, 0.3) is 10.9 Å². The largest absolute Gasteiger partial charge is 0.493 e. The van der Waals surface area contributed by atoms with Crippen LogP contribution in [0.4, 0.5) is 5.82 Å². The molecule has 12 nitrogen and oxygen atoms in total. The summed E-state index contributed by atoms with van der Waals surface area (Å²) in [4.78, 5) is 62.4. The van der Waals surface area contributed by atoms with Crippen LogP contribution >= 0.6 is 0 Å². The Bertz CT molecular complexity index is 1750. The molecule has 0 saturated carbocycles. The molecule has 6 rings (SSSR count). The zero-order valence-corrected chi connectivity index (χ0v) is 25.4. The fourth-order valence-electron chi connectivity index (χ4n) is 5.76. The van der Waals surface area contributed by atoms with Gasteiger partial charge in [-0.25, -0.2) is 4.98 Å². The summed E-state index contributed by atoms with van der Waals surface area (Å²) in [5.41, 5.74) is 3.50. The average Bonchev–Trinajstić information content (AvgIpc) is 3.72. The van der Waals surface area contributed by atoms with Gasteiger partial charge >= 0.3 is 0 Å². The van der Waals surface area contributed by atoms with Gasteiger partial charge in [-0.15, -0.1) is 0 Å². The SMILES string of the molecule is O=C1CN(C(=O)c2ccc3c(c2)CCO3)CCCCNC(=O)[C@H](Cc2c[nH]c3ccccc23)NC(=O)c2cccc(n2)NCCN1. The summed E-state index contributed by atoms with van der Waals surface area (Å²) in [6.45, 7) is 1.80. The highest BCUT2D eigenvalue weighted by molar-refractivity contribution is 5.97. The molecule has 0 fully saturated rings. The van der Waals surface area contributed by atoms with Crippen molar-refractivity contribution in [3.05, 3.63) is 89.2 Å². The van der Waals surface area contributed by atoms with Gasteiger partial charge in [0.05, 0.1) is 13.2 Å². The van der Waals surface area contributed by atoms with Crippen molar-refractivity contribution >= 4 is 40.3 Å². The molecule has 2 aromatic carbocycles. The molecule has 4 amide bonds. The minimum absolute atomic E-state index is 0.0996. The van der Waals surface area contributed by atoms with Gasteiger partial charge in [0.15, 0.2) is 0 Å². The Morgan fingerprint density at radius 3 is 2.72 bits per heavy atom. The van der Waals surface area contributed by atoms with Crippen molar-refractivity contribution < 1.29 is 23.9 Å². The van der Waals surface area contributed by atoms with Gasteiger partial charge in [0, 0.05) is 61.7 Å². The van der Waals surface area contributed by atoms with Crippen LogP contribution in [0.5, 0.6) is 5.75 Å². The maximum absolute atomic E-state index is 13.5. The number of hydrogen-bond donors (Lipinski definition) is 5. The molecule has 0 unspecified atom stereocenters. The Morgan fingerprint density at radius 1 is 0.935 bits per heavy atom. The number of pyridine rings is 1. The maximum Gasteiger partial charge on any atom is 0.270 e. The number of para-hydroxylation sites is 1. The predicted molar refractivity (Wildman–Crippen MR) is 173 cm³/mol. The number of H-pyrrole nitrogens is 1. The molecule has 0 radical (unpaired) electrons. The molecule has 2 aromatic heterocycles. The van der Waals surface area contributed by atoms with E-state index < -0.39 is 11.9 Å². The van der Waals surface area contributed by atoms with Crippen LogP contribution in [0.15, 0.2) is 66.9 Å². The van der Waals surface area contributed by atoms with Gasteiger partial charge in [-0.1, -0.05) is 24.3 Å². The van der Waals surface area contributed by atoms with Crippen LogP contribution in [-0.2, 0) is 22.4 Å². The monoisotopic (exact) mass is 623 g/mol. The van der Waals surface area contributed by atoms with Gasteiger partial charge in [0.2, 0.25) is 11.8 Å². The van der Waals surface area contributed by atoms with Gasteiger partial charge in [-0.3, -0.25) is 19.2 Å². The molecule has 2 aliphatic rings. The third kappa shape index (κ3) is 7.28. The molecule has 0 saturated heterocycles. The number of fused-ring (bicyclic) bond motifs is 4. The highest BCUT2D eigenvalue weighted by atomic mass is 16.5. The van der Waals surface area contributed by atoms with E-state index in [9.17, 15) is 19.2 Å². The van der Waals surface area contributed by atoms with Gasteiger partial charge in [0.1, 0.15) is 23.3 Å². The number of carbonyl (C=O) groups is 4. The lowest BCUT2D eigenvalue weighted by molar-refractivity contribution is -0.123. The van der Waals surface area contributed by atoms with Gasteiger partial charge < -0.3 is 35.9 Å². The van der Waals surface area contributed by atoms with E-state index in [1.807, 2.05) is 36.5 Å². The fourth-order valence-corrected chi connectivity index (χ4v) is 5.76. The molecule has 4 aromatic rings. The Morgan fingerprint density at radius 2 is 1.80 bits per heavy atom. The van der Waals surface area contributed by atoms with E-state index >= 15 is 0 Å². The molecular formula is C34H37N7O5. The summed E-state index contributed by atoms with van der Waals surface area (Å²) in [7, 11) is 0. The summed E-state index contributed by atoms with van der Waals surface area (Å²) < 4.78 is 5.58. The van der Waals surface area contributed by atoms with E-state index in [1.165, 1.54) is 0 Å². The Labute approximate surface area is 266 Å². The predicted octanol–water partition coefficient (Wildman–Crippen LogP) is 2.42. The van der Waals surface area contributed by atoms with Gasteiger partial charge in [-0.2, -0.15) is 0 Å². The Hall–Kier alpha value is -5.39. The maximum atomic E-state index is 13.5. The number of amides is 4. The van der Waals surface area contributed by atoms with Crippen molar-refractivity contribution in [3.63, 3.8) is 0 Å². The van der Waals surface area contributed by atoms with Crippen molar-refractivity contribution in [2.45, 2.75) is 31.7 Å². The van der Waals surface area contributed by atoms with E-state index in [0.29, 0.717) is 57.0 Å². The summed E-state index contributed by atoms with van der Waals surface area (Å²) in [5, 5.41) is 12.8. The van der Waals surface area contributed by atoms with Crippen molar-refractivity contribution in [1.82, 2.24) is 30.8 Å². The zero-order chi connectivity index (χ0) is 31.9. The first kappa shape index (κ1) is 30.6. The molecule has 0 spiro atoms. The number of aromatic nitrogens is 2. The van der Waals surface area contributed by atoms with Crippen molar-refractivity contribution in [1.29, 1.82) is 0 Å². The van der Waals surface area contributed by atoms with Crippen molar-refractivity contribution in [2.24, 2.45) is 0 Å². The quantitative estimate of drug-likeness (QED) is 0.235. The molecule has 4 heterocycles. The van der Waals surface area contributed by atoms with E-state index in [0.717, 1.165) is 34.2 Å². The first-order valence-corrected chi connectivity index (χ1v) is 15.6. The summed E-state index contributed by atoms with van der Waals surface area (Å²) in [6, 6.07) is 17.3. The zero-order valence-electron chi connectivity index (χ0n) is 25.4. The highest BCUT2D eigenvalue weighted by Crippen LogP contribution is 2.26. The molecule has 238 valence electrons. The number of rotatable bonds is 3. The molecule has 2 aliphatic heterocycles. The van der Waals surface area contributed by atoms with Crippen LogP contribution < -0.4 is 26.0 Å². The standard InChI is InChI=1S/C34H37N7O5/c42-31-21-41(34(45)23-10-11-29-22(18-23)12-17-46-29)16-4-3-13-37-32(43)28(19-24-20-38-26-7-2-1-6-25(24)26)40-33(44)27-8-5-9-30(39-27)35-14-15-36-31/h1-2,5-11,18,20,28,38H,3-4,12-17,19,21H2,(H,35,39)(H,36,42)(H,37,43)(H,40,44)/t28-/m0/s1. The van der Waals surface area contributed by atoms with Crippen LogP contribution in [-0.4, -0.2) is 83.9 Å². The topological polar surface area (TPSA) is 158 Å². The summed E-state index contributed by atoms with van der Waals surface area (Å²) in [6.07, 6.45) is 4.00. The number of nitrogens with zero attached hydrogens (tertiary/aromatic N) is 2. The second kappa shape index (κ2) is 14.1. The number of carbonyl (C=O) groups excluding carboxylic acids is 4. The molecule has 12 heteroatoms. The van der Waals surface area contributed by atoms with E-state index in [1.54, 1.807) is 35.2 Å². The normalized spacial score (nSPS) is 18.1. The Balaban J connectivity index is 1.19. The average molecular weight is 624 g/mol.